The third kappa shape index (κ3) is 1.60. The molecule has 0 atom stereocenters. The van der Waals surface area contributed by atoms with E-state index in [9.17, 15) is 8.78 Å². The van der Waals surface area contributed by atoms with E-state index in [4.69, 9.17) is 0 Å². The smallest absolute Gasteiger partial charge is 0.387 e. The minimum Gasteiger partial charge on any atom is -0.432 e. The lowest BCUT2D eigenvalue weighted by Gasteiger charge is -2.03. The van der Waals surface area contributed by atoms with Crippen LogP contribution in [0, 0.1) is 0 Å². The molecule has 0 spiro atoms. The zero-order valence-electron chi connectivity index (χ0n) is 6.41. The lowest BCUT2D eigenvalue weighted by Crippen LogP contribution is -2.01. The van der Waals surface area contributed by atoms with Crippen molar-refractivity contribution in [3.05, 3.63) is 23.7 Å². The Morgan fingerprint density at radius 3 is 3.00 bits per heavy atom. The Hall–Kier alpha value is -1.23. The van der Waals surface area contributed by atoms with Crippen LogP contribution in [0.1, 0.15) is 0 Å². The molecule has 13 heavy (non-hydrogen) atoms. The van der Waals surface area contributed by atoms with Gasteiger partial charge < -0.3 is 4.74 Å². The predicted molar refractivity (Wildman–Crippen MR) is 46.3 cm³/mol. The fraction of sp³-hybridized carbons (Fsp3) is 0.125. The molecule has 0 fully saturated rings. The number of ether oxygens (including phenoxy) is 1. The molecule has 0 saturated carbocycles. The summed E-state index contributed by atoms with van der Waals surface area (Å²) >= 11 is 1.39. The lowest BCUT2D eigenvalue weighted by molar-refractivity contribution is -0.0489. The van der Waals surface area contributed by atoms with E-state index < -0.39 is 6.61 Å². The average molecular weight is 201 g/mol. The highest BCUT2D eigenvalue weighted by molar-refractivity contribution is 7.16. The first-order valence-electron chi connectivity index (χ1n) is 3.54. The van der Waals surface area contributed by atoms with E-state index in [1.807, 2.05) is 6.07 Å². The molecular weight excluding hydrogens is 196 g/mol. The lowest BCUT2D eigenvalue weighted by atomic mass is 10.3. The zero-order valence-corrected chi connectivity index (χ0v) is 7.22. The summed E-state index contributed by atoms with van der Waals surface area (Å²) < 4.78 is 29.0. The van der Waals surface area contributed by atoms with Gasteiger partial charge in [0.15, 0.2) is 5.75 Å². The molecule has 2 nitrogen and oxygen atoms in total. The van der Waals surface area contributed by atoms with Crippen molar-refractivity contribution in [2.75, 3.05) is 0 Å². The SMILES string of the molecule is FC(F)Oc1cccc2scnc12. The summed E-state index contributed by atoms with van der Waals surface area (Å²) in [7, 11) is 0. The van der Waals surface area contributed by atoms with Gasteiger partial charge in [-0.15, -0.1) is 11.3 Å². The minimum absolute atomic E-state index is 0.133. The van der Waals surface area contributed by atoms with Crippen molar-refractivity contribution in [3.8, 4) is 5.75 Å². The second kappa shape index (κ2) is 3.26. The monoisotopic (exact) mass is 201 g/mol. The van der Waals surface area contributed by atoms with E-state index >= 15 is 0 Å². The van der Waals surface area contributed by atoms with Crippen LogP contribution in [-0.4, -0.2) is 11.6 Å². The maximum Gasteiger partial charge on any atom is 0.387 e. The predicted octanol–water partition coefficient (Wildman–Crippen LogP) is 2.90. The Bertz CT molecular complexity index is 415. The van der Waals surface area contributed by atoms with Crippen LogP contribution in [0.5, 0.6) is 5.75 Å². The van der Waals surface area contributed by atoms with Crippen molar-refractivity contribution in [3.63, 3.8) is 0 Å². The third-order valence-electron chi connectivity index (χ3n) is 1.54. The summed E-state index contributed by atoms with van der Waals surface area (Å²) in [5, 5.41) is 0. The molecule has 2 aromatic rings. The highest BCUT2D eigenvalue weighted by Gasteiger charge is 2.09. The van der Waals surface area contributed by atoms with Crippen molar-refractivity contribution in [1.82, 2.24) is 4.98 Å². The topological polar surface area (TPSA) is 22.1 Å². The van der Waals surface area contributed by atoms with Crippen LogP contribution in [0.15, 0.2) is 23.7 Å². The van der Waals surface area contributed by atoms with Gasteiger partial charge in [-0.25, -0.2) is 4.98 Å². The van der Waals surface area contributed by atoms with Gasteiger partial charge in [0, 0.05) is 0 Å². The number of para-hydroxylation sites is 1. The maximum absolute atomic E-state index is 11.9. The molecule has 1 heterocycles. The second-order valence-electron chi connectivity index (χ2n) is 2.33. The van der Waals surface area contributed by atoms with Gasteiger partial charge in [0.05, 0.1) is 10.2 Å². The van der Waals surface area contributed by atoms with E-state index in [0.717, 1.165) is 4.70 Å². The van der Waals surface area contributed by atoms with Crippen LogP contribution in [0.25, 0.3) is 10.2 Å². The summed E-state index contributed by atoms with van der Waals surface area (Å²) in [6, 6.07) is 4.96. The number of thiazole rings is 1. The molecular formula is C8H5F2NOS. The molecule has 68 valence electrons. The summed E-state index contributed by atoms with van der Waals surface area (Å²) in [6.45, 7) is -2.80. The highest BCUT2D eigenvalue weighted by Crippen LogP contribution is 2.27. The Morgan fingerprint density at radius 2 is 2.23 bits per heavy atom. The van der Waals surface area contributed by atoms with Crippen LogP contribution in [0.2, 0.25) is 0 Å². The van der Waals surface area contributed by atoms with Gasteiger partial charge >= 0.3 is 6.61 Å². The van der Waals surface area contributed by atoms with Crippen molar-refractivity contribution in [1.29, 1.82) is 0 Å². The molecule has 0 aliphatic heterocycles. The van der Waals surface area contributed by atoms with E-state index in [1.165, 1.54) is 17.4 Å². The average Bonchev–Trinajstić information content (AvgIpc) is 2.51. The van der Waals surface area contributed by atoms with Crippen LogP contribution in [0.4, 0.5) is 8.78 Å². The van der Waals surface area contributed by atoms with E-state index in [-0.39, 0.29) is 5.75 Å². The normalized spacial score (nSPS) is 11.0. The number of alkyl halides is 2. The Balaban J connectivity index is 2.48. The van der Waals surface area contributed by atoms with E-state index in [2.05, 4.69) is 9.72 Å². The highest BCUT2D eigenvalue weighted by atomic mass is 32.1. The van der Waals surface area contributed by atoms with E-state index in [1.54, 1.807) is 11.6 Å². The van der Waals surface area contributed by atoms with Gasteiger partial charge in [0.25, 0.3) is 0 Å². The van der Waals surface area contributed by atoms with Crippen LogP contribution < -0.4 is 4.74 Å². The first-order valence-corrected chi connectivity index (χ1v) is 4.42. The molecule has 0 radical (unpaired) electrons. The Morgan fingerprint density at radius 1 is 1.38 bits per heavy atom. The van der Waals surface area contributed by atoms with Gasteiger partial charge in [-0.2, -0.15) is 8.78 Å². The first kappa shape index (κ1) is 8.37. The Kier molecular flexibility index (Phi) is 2.10. The van der Waals surface area contributed by atoms with Crippen LogP contribution >= 0.6 is 11.3 Å². The zero-order chi connectivity index (χ0) is 9.26. The van der Waals surface area contributed by atoms with Crippen LogP contribution in [0.3, 0.4) is 0 Å². The van der Waals surface area contributed by atoms with Gasteiger partial charge in [-0.05, 0) is 12.1 Å². The number of fused-ring (bicyclic) bond motifs is 1. The number of aromatic nitrogens is 1. The van der Waals surface area contributed by atoms with Gasteiger partial charge in [0.2, 0.25) is 0 Å². The number of hydrogen-bond acceptors (Lipinski definition) is 3. The molecule has 0 amide bonds. The van der Waals surface area contributed by atoms with Crippen molar-refractivity contribution < 1.29 is 13.5 Å². The summed E-state index contributed by atoms with van der Waals surface area (Å²) in [4.78, 5) is 3.93. The molecule has 0 aliphatic rings. The fourth-order valence-electron chi connectivity index (χ4n) is 1.05. The van der Waals surface area contributed by atoms with Gasteiger partial charge in [-0.1, -0.05) is 6.07 Å². The number of benzene rings is 1. The summed E-state index contributed by atoms with van der Waals surface area (Å²) in [6.07, 6.45) is 0. The quantitative estimate of drug-likeness (QED) is 0.745. The van der Waals surface area contributed by atoms with Crippen molar-refractivity contribution >= 4 is 21.6 Å². The number of hydrogen-bond donors (Lipinski definition) is 0. The molecule has 5 heteroatoms. The summed E-state index contributed by atoms with van der Waals surface area (Å²) in [5.41, 5.74) is 2.09. The second-order valence-corrected chi connectivity index (χ2v) is 3.22. The maximum atomic E-state index is 11.9. The standard InChI is InChI=1S/C8H5F2NOS/c9-8(10)12-5-2-1-3-6-7(5)11-4-13-6/h1-4,8H. The van der Waals surface area contributed by atoms with Gasteiger partial charge in [0.1, 0.15) is 5.52 Å². The molecule has 2 rings (SSSR count). The van der Waals surface area contributed by atoms with E-state index in [0.29, 0.717) is 5.52 Å². The molecule has 0 bridgehead atoms. The molecule has 1 aromatic heterocycles. The molecule has 0 aliphatic carbocycles. The molecule has 1 aromatic carbocycles. The van der Waals surface area contributed by atoms with Gasteiger partial charge in [-0.3, -0.25) is 0 Å². The fourth-order valence-corrected chi connectivity index (χ4v) is 1.75. The third-order valence-corrected chi connectivity index (χ3v) is 2.33. The van der Waals surface area contributed by atoms with Crippen molar-refractivity contribution in [2.24, 2.45) is 0 Å². The number of rotatable bonds is 2. The van der Waals surface area contributed by atoms with Crippen LogP contribution in [-0.2, 0) is 0 Å². The molecule has 0 unspecified atom stereocenters. The molecule has 0 N–H and O–H groups in total. The van der Waals surface area contributed by atoms with Crippen molar-refractivity contribution in [2.45, 2.75) is 6.61 Å². The largest absolute Gasteiger partial charge is 0.432 e. The molecule has 0 saturated heterocycles. The minimum atomic E-state index is -2.80. The number of nitrogens with zero attached hydrogens (tertiary/aromatic N) is 1. The summed E-state index contributed by atoms with van der Waals surface area (Å²) in [5.74, 6) is 0.133. The number of halogens is 2. The first-order chi connectivity index (χ1) is 6.27. The Labute approximate surface area is 76.8 Å².